The molecule has 0 bridgehead atoms. The van der Waals surface area contributed by atoms with Crippen LogP contribution in [0.3, 0.4) is 0 Å². The summed E-state index contributed by atoms with van der Waals surface area (Å²) in [5.74, 6) is 2.56. The monoisotopic (exact) mass is 946 g/mol. The molecule has 4 aromatic carbocycles. The first-order chi connectivity index (χ1) is 34.0. The molecule has 3 aliphatic rings. The molecule has 1 unspecified atom stereocenters. The highest BCUT2D eigenvalue weighted by molar-refractivity contribution is 7.22. The van der Waals surface area contributed by atoms with Crippen LogP contribution in [-0.4, -0.2) is 50.8 Å². The van der Waals surface area contributed by atoms with E-state index in [-0.39, 0.29) is 5.92 Å². The van der Waals surface area contributed by atoms with E-state index < -0.39 is 0 Å². The number of para-hydroxylation sites is 1. The van der Waals surface area contributed by atoms with Crippen LogP contribution >= 0.6 is 11.3 Å². The van der Waals surface area contributed by atoms with Crippen LogP contribution in [0.25, 0.3) is 44.0 Å². The summed E-state index contributed by atoms with van der Waals surface area (Å²) >= 11 is 1.65. The molecule has 6 heterocycles. The minimum atomic E-state index is 0.187. The summed E-state index contributed by atoms with van der Waals surface area (Å²) in [6.45, 7) is 30.9. The lowest BCUT2D eigenvalue weighted by molar-refractivity contribution is 0.186. The Balaban J connectivity index is 0.694. The van der Waals surface area contributed by atoms with Crippen LogP contribution in [0.5, 0.6) is 0 Å². The van der Waals surface area contributed by atoms with Crippen molar-refractivity contribution in [3.8, 4) is 11.1 Å². The van der Waals surface area contributed by atoms with Gasteiger partial charge in [-0.1, -0.05) is 113 Å². The number of hydrogen-bond donors (Lipinski definition) is 3. The lowest BCUT2D eigenvalue weighted by atomic mass is 9.86. The third-order valence-electron chi connectivity index (χ3n) is 15.0. The van der Waals surface area contributed by atoms with E-state index in [4.69, 9.17) is 15.1 Å². The van der Waals surface area contributed by atoms with Gasteiger partial charge in [0.05, 0.1) is 27.1 Å². The average molecular weight is 946 g/mol. The molecule has 0 amide bonds. The molecule has 2 saturated heterocycles. The molecule has 3 N–H and O–H groups in total. The van der Waals surface area contributed by atoms with Gasteiger partial charge in [-0.15, -0.1) is 0 Å². The zero-order valence-corrected chi connectivity index (χ0v) is 42.1. The smallest absolute Gasteiger partial charge is 0.188 e. The van der Waals surface area contributed by atoms with Crippen LogP contribution in [0, 0.1) is 18.8 Å². The summed E-state index contributed by atoms with van der Waals surface area (Å²) in [5.41, 5.74) is 17.9. The third kappa shape index (κ3) is 10.1. The first-order valence-electron chi connectivity index (χ1n) is 25.1. The Morgan fingerprint density at radius 3 is 2.53 bits per heavy atom. The Labute approximate surface area is 418 Å². The molecule has 70 heavy (non-hydrogen) atoms. The van der Waals surface area contributed by atoms with E-state index in [1.807, 2.05) is 29.9 Å². The lowest BCUT2D eigenvalue weighted by Crippen LogP contribution is -2.36. The number of likely N-dealkylation sites (tertiary alicyclic amines) is 1. The Hall–Kier alpha value is -6.75. The first kappa shape index (κ1) is 47.0. The van der Waals surface area contributed by atoms with Crippen molar-refractivity contribution in [3.63, 3.8) is 0 Å². The van der Waals surface area contributed by atoms with Gasteiger partial charge >= 0.3 is 0 Å². The van der Waals surface area contributed by atoms with E-state index in [1.165, 1.54) is 58.9 Å². The maximum Gasteiger partial charge on any atom is 0.188 e. The fourth-order valence-electron chi connectivity index (χ4n) is 11.1. The number of thiazole rings is 1. The molecule has 7 aromatic rings. The number of aryl methyl sites for hydroxylation is 2. The largest absolute Gasteiger partial charge is 0.363 e. The quantitative estimate of drug-likeness (QED) is 0.0883. The van der Waals surface area contributed by atoms with E-state index in [0.29, 0.717) is 5.92 Å². The van der Waals surface area contributed by atoms with Gasteiger partial charge in [-0.05, 0) is 147 Å². The molecule has 9 nitrogen and oxygen atoms in total. The maximum absolute atomic E-state index is 5.22. The second kappa shape index (κ2) is 20.3. The van der Waals surface area contributed by atoms with Gasteiger partial charge in [-0.3, -0.25) is 9.58 Å². The highest BCUT2D eigenvalue weighted by Crippen LogP contribution is 2.38. The van der Waals surface area contributed by atoms with Crippen molar-refractivity contribution in [2.24, 2.45) is 18.9 Å². The predicted molar refractivity (Wildman–Crippen MR) is 296 cm³/mol. The minimum Gasteiger partial charge on any atom is -0.363 e. The summed E-state index contributed by atoms with van der Waals surface area (Å²) in [4.78, 5) is 15.0. The predicted octanol–water partition coefficient (Wildman–Crippen LogP) is 13.6. The fraction of sp³-hybridized carbons (Fsp3) is 0.317. The van der Waals surface area contributed by atoms with Crippen molar-refractivity contribution in [2.75, 3.05) is 41.7 Å². The molecule has 0 radical (unpaired) electrons. The van der Waals surface area contributed by atoms with Crippen molar-refractivity contribution in [1.82, 2.24) is 30.0 Å². The van der Waals surface area contributed by atoms with Crippen molar-refractivity contribution in [3.05, 3.63) is 180 Å². The average Bonchev–Trinajstić information content (AvgIpc) is 3.92. The van der Waals surface area contributed by atoms with Crippen molar-refractivity contribution in [2.45, 2.75) is 77.7 Å². The number of aromatic nitrogens is 4. The van der Waals surface area contributed by atoms with E-state index in [1.54, 1.807) is 11.3 Å². The standard InChI is InChI=1S/C60H67N9S/c1-9-54-51(25-26-58(64-54)69-32-29-46-13-12-14-49(53(46)37-69)42(6)63-60-65-55-15-10-11-16-57(55)70-60)48-23-20-45(34-39(48)3)33-38(2)17-19-44-27-30-68(31-28-44)36-41(5)62-47-21-24-52-56(35-47)67(8)66-59(52)50-22-18-40(4)61-43(50)7/h9-16,20-21,23-26,34-35,38,44,50,61-62H,1,4-7,17-19,22,27-33,36-37H2,2-3,8H3,(H,63,65)/t38-,50?/m1/s1. The van der Waals surface area contributed by atoms with Gasteiger partial charge in [0, 0.05) is 77.6 Å². The number of anilines is 3. The van der Waals surface area contributed by atoms with Crippen molar-refractivity contribution >= 4 is 60.9 Å². The van der Waals surface area contributed by atoms with Gasteiger partial charge in [0.1, 0.15) is 5.82 Å². The second-order valence-electron chi connectivity index (χ2n) is 20.1. The molecule has 3 aliphatic heterocycles. The maximum atomic E-state index is 5.22. The number of pyridine rings is 1. The van der Waals surface area contributed by atoms with Crippen LogP contribution in [0.15, 0.2) is 141 Å². The van der Waals surface area contributed by atoms with E-state index in [2.05, 4.69) is 151 Å². The van der Waals surface area contributed by atoms with Gasteiger partial charge in [0.2, 0.25) is 0 Å². The number of nitrogens with one attached hydrogen (secondary N) is 3. The van der Waals surface area contributed by atoms with E-state index in [0.717, 1.165) is 142 Å². The summed E-state index contributed by atoms with van der Waals surface area (Å²) in [5, 5.41) is 17.4. The van der Waals surface area contributed by atoms with E-state index >= 15 is 0 Å². The van der Waals surface area contributed by atoms with Crippen LogP contribution in [0.4, 0.5) is 16.6 Å². The Morgan fingerprint density at radius 2 is 1.73 bits per heavy atom. The molecular weight excluding hydrogens is 879 g/mol. The molecule has 2 fully saturated rings. The Kier molecular flexibility index (Phi) is 13.6. The number of hydrogen-bond acceptors (Lipinski definition) is 9. The highest BCUT2D eigenvalue weighted by atomic mass is 32.1. The summed E-state index contributed by atoms with van der Waals surface area (Å²) < 4.78 is 3.15. The van der Waals surface area contributed by atoms with Gasteiger partial charge in [-0.2, -0.15) is 5.10 Å². The molecule has 2 atom stereocenters. The number of piperidine rings is 2. The molecule has 3 aromatic heterocycles. The topological polar surface area (TPSA) is 86.2 Å². The highest BCUT2D eigenvalue weighted by Gasteiger charge is 2.27. The Morgan fingerprint density at radius 1 is 0.900 bits per heavy atom. The number of benzene rings is 4. The van der Waals surface area contributed by atoms with Crippen LogP contribution in [-0.2, 0) is 26.4 Å². The number of rotatable bonds is 16. The molecule has 358 valence electrons. The van der Waals surface area contributed by atoms with Gasteiger partial charge in [-0.25, -0.2) is 9.97 Å². The van der Waals surface area contributed by atoms with E-state index in [9.17, 15) is 0 Å². The summed E-state index contributed by atoms with van der Waals surface area (Å²) in [6, 6.07) is 32.8. The molecular formula is C60H67N9S. The zero-order valence-electron chi connectivity index (χ0n) is 41.3. The van der Waals surface area contributed by atoms with Gasteiger partial charge in [0.25, 0.3) is 0 Å². The minimum absolute atomic E-state index is 0.187. The summed E-state index contributed by atoms with van der Waals surface area (Å²) in [6.07, 6.45) is 10.9. The third-order valence-corrected chi connectivity index (χ3v) is 15.9. The number of fused-ring (bicyclic) bond motifs is 3. The molecule has 10 heteroatoms. The zero-order chi connectivity index (χ0) is 48.5. The molecule has 0 aliphatic carbocycles. The SMILES string of the molecule is C=Cc1nc(N2CCc3cccc(C(=C)Nc4nc5ccccc5s4)c3C2)ccc1-c1ccc(C[C@H](C)CCC2CCN(CC(=C)Nc3ccc4c(C5CCC(=C)NC5=C)nn(C)c4c3)CC2)cc1C. The second-order valence-corrected chi connectivity index (χ2v) is 21.1. The van der Waals surface area contributed by atoms with Crippen molar-refractivity contribution in [1.29, 1.82) is 0 Å². The number of allylic oxidation sites excluding steroid dienone is 2. The van der Waals surface area contributed by atoms with Crippen molar-refractivity contribution < 1.29 is 0 Å². The van der Waals surface area contributed by atoms with Crippen LogP contribution in [0.1, 0.15) is 90.6 Å². The first-order valence-corrected chi connectivity index (χ1v) is 26.0. The molecule has 0 saturated carbocycles. The van der Waals surface area contributed by atoms with Gasteiger partial charge < -0.3 is 20.9 Å². The normalized spacial score (nSPS) is 17.1. The fourth-order valence-corrected chi connectivity index (χ4v) is 12.0. The Bertz CT molecular complexity index is 3110. The molecule has 10 rings (SSSR count). The van der Waals surface area contributed by atoms with Crippen LogP contribution in [0.2, 0.25) is 0 Å². The number of nitrogens with zero attached hydrogens (tertiary/aromatic N) is 6. The molecule has 0 spiro atoms. The lowest BCUT2D eigenvalue weighted by Gasteiger charge is -2.33. The van der Waals surface area contributed by atoms with Crippen LogP contribution < -0.4 is 20.9 Å². The summed E-state index contributed by atoms with van der Waals surface area (Å²) in [7, 11) is 2.03. The van der Waals surface area contributed by atoms with Gasteiger partial charge in [0.15, 0.2) is 5.13 Å².